The highest BCUT2D eigenvalue weighted by Crippen LogP contribution is 2.36. The Kier molecular flexibility index (Phi) is 5.71. The molecule has 0 atom stereocenters. The molecule has 6 heteroatoms. The van der Waals surface area contributed by atoms with Gasteiger partial charge in [-0.2, -0.15) is 5.10 Å². The quantitative estimate of drug-likeness (QED) is 0.407. The van der Waals surface area contributed by atoms with Crippen molar-refractivity contribution in [3.8, 4) is 34.2 Å². The Bertz CT molecular complexity index is 1210. The number of hydrogen-bond acceptors (Lipinski definition) is 5. The Balaban J connectivity index is 1.94. The molecule has 0 radical (unpaired) electrons. The maximum absolute atomic E-state index is 13.6. The Morgan fingerprint density at radius 3 is 2.06 bits per heavy atom. The molecule has 4 rings (SSSR count). The SMILES string of the molecule is COc1ccc(-n2ncc(C(=O)c3ccccc3OC)c2-c2ccccc2OC)cc1. The van der Waals surface area contributed by atoms with E-state index in [1.807, 2.05) is 60.7 Å². The maximum Gasteiger partial charge on any atom is 0.200 e. The minimum absolute atomic E-state index is 0.182. The van der Waals surface area contributed by atoms with Gasteiger partial charge in [0, 0.05) is 5.56 Å². The molecule has 0 spiro atoms. The summed E-state index contributed by atoms with van der Waals surface area (Å²) in [6.07, 6.45) is 1.58. The van der Waals surface area contributed by atoms with Crippen LogP contribution in [0.2, 0.25) is 0 Å². The topological polar surface area (TPSA) is 62.6 Å². The molecule has 0 unspecified atom stereocenters. The van der Waals surface area contributed by atoms with Gasteiger partial charge in [-0.3, -0.25) is 4.79 Å². The third-order valence-corrected chi connectivity index (χ3v) is 5.04. The first kappa shape index (κ1) is 20.2. The molecular formula is C25H22N2O4. The molecule has 6 nitrogen and oxygen atoms in total. The lowest BCUT2D eigenvalue weighted by Crippen LogP contribution is -2.07. The van der Waals surface area contributed by atoms with Crippen LogP contribution in [0.25, 0.3) is 16.9 Å². The Labute approximate surface area is 180 Å². The first-order valence-electron chi connectivity index (χ1n) is 9.71. The van der Waals surface area contributed by atoms with Gasteiger partial charge in [0.15, 0.2) is 0 Å². The largest absolute Gasteiger partial charge is 0.497 e. The smallest absolute Gasteiger partial charge is 0.200 e. The van der Waals surface area contributed by atoms with Gasteiger partial charge in [-0.25, -0.2) is 4.68 Å². The van der Waals surface area contributed by atoms with Gasteiger partial charge in [-0.05, 0) is 48.5 Å². The summed E-state index contributed by atoms with van der Waals surface area (Å²) in [6, 6.07) is 22.2. The fourth-order valence-corrected chi connectivity index (χ4v) is 3.51. The molecule has 3 aromatic carbocycles. The average molecular weight is 414 g/mol. The van der Waals surface area contributed by atoms with Gasteiger partial charge in [0.25, 0.3) is 0 Å². The third-order valence-electron chi connectivity index (χ3n) is 5.04. The van der Waals surface area contributed by atoms with Crippen molar-refractivity contribution in [1.82, 2.24) is 9.78 Å². The van der Waals surface area contributed by atoms with Crippen molar-refractivity contribution >= 4 is 5.78 Å². The Morgan fingerprint density at radius 1 is 0.742 bits per heavy atom. The van der Waals surface area contributed by atoms with E-state index >= 15 is 0 Å². The second-order valence-corrected chi connectivity index (χ2v) is 6.75. The molecule has 1 aromatic heterocycles. The standard InChI is InChI=1S/C25H22N2O4/c1-29-18-14-12-17(13-15-18)27-24(19-8-4-6-10-22(19)30-2)21(16-26-27)25(28)20-9-5-7-11-23(20)31-3/h4-16H,1-3H3. The number of carbonyl (C=O) groups is 1. The summed E-state index contributed by atoms with van der Waals surface area (Å²) >= 11 is 0. The lowest BCUT2D eigenvalue weighted by Gasteiger charge is -2.14. The average Bonchev–Trinajstić information content (AvgIpc) is 3.28. The van der Waals surface area contributed by atoms with Crippen molar-refractivity contribution in [1.29, 1.82) is 0 Å². The first-order chi connectivity index (χ1) is 15.2. The molecule has 0 aliphatic heterocycles. The van der Waals surface area contributed by atoms with Crippen LogP contribution in [0.15, 0.2) is 79.0 Å². The molecule has 0 aliphatic rings. The highest BCUT2D eigenvalue weighted by molar-refractivity contribution is 6.14. The van der Waals surface area contributed by atoms with Gasteiger partial charge >= 0.3 is 0 Å². The predicted molar refractivity (Wildman–Crippen MR) is 119 cm³/mol. The molecule has 0 aliphatic carbocycles. The van der Waals surface area contributed by atoms with Crippen LogP contribution < -0.4 is 14.2 Å². The van der Waals surface area contributed by atoms with Crippen molar-refractivity contribution in [3.05, 3.63) is 90.1 Å². The zero-order valence-electron chi connectivity index (χ0n) is 17.5. The molecule has 0 N–H and O–H groups in total. The van der Waals surface area contributed by atoms with Crippen LogP contribution in [0, 0.1) is 0 Å². The van der Waals surface area contributed by atoms with Gasteiger partial charge < -0.3 is 14.2 Å². The number of carbonyl (C=O) groups excluding carboxylic acids is 1. The Morgan fingerprint density at radius 2 is 1.39 bits per heavy atom. The van der Waals surface area contributed by atoms with E-state index in [4.69, 9.17) is 14.2 Å². The second-order valence-electron chi connectivity index (χ2n) is 6.75. The van der Waals surface area contributed by atoms with Crippen LogP contribution in [-0.2, 0) is 0 Å². The van der Waals surface area contributed by atoms with Crippen molar-refractivity contribution in [2.75, 3.05) is 21.3 Å². The number of hydrogen-bond donors (Lipinski definition) is 0. The minimum atomic E-state index is -0.182. The normalized spacial score (nSPS) is 10.5. The van der Waals surface area contributed by atoms with E-state index in [1.165, 1.54) is 0 Å². The number of aromatic nitrogens is 2. The molecule has 0 bridgehead atoms. The van der Waals surface area contributed by atoms with Crippen molar-refractivity contribution < 1.29 is 19.0 Å². The summed E-state index contributed by atoms with van der Waals surface area (Å²) in [7, 11) is 4.77. The number of ketones is 1. The monoisotopic (exact) mass is 414 g/mol. The van der Waals surface area contributed by atoms with E-state index in [0.29, 0.717) is 28.3 Å². The first-order valence-corrected chi connectivity index (χ1v) is 9.71. The van der Waals surface area contributed by atoms with Crippen molar-refractivity contribution in [3.63, 3.8) is 0 Å². The molecule has 0 saturated heterocycles. The van der Waals surface area contributed by atoms with Crippen LogP contribution in [0.3, 0.4) is 0 Å². The summed E-state index contributed by atoms with van der Waals surface area (Å²) < 4.78 is 18.0. The van der Waals surface area contributed by atoms with Gasteiger partial charge in [-0.1, -0.05) is 24.3 Å². The summed E-state index contributed by atoms with van der Waals surface area (Å²) in [5.74, 6) is 1.71. The molecule has 0 amide bonds. The molecule has 1 heterocycles. The van der Waals surface area contributed by atoms with Gasteiger partial charge in [0.2, 0.25) is 5.78 Å². The second kappa shape index (κ2) is 8.75. The summed E-state index contributed by atoms with van der Waals surface area (Å²) in [5.41, 5.74) is 3.11. The molecule has 0 fully saturated rings. The van der Waals surface area contributed by atoms with Gasteiger partial charge in [0.1, 0.15) is 17.2 Å². The maximum atomic E-state index is 13.6. The molecular weight excluding hydrogens is 392 g/mol. The van der Waals surface area contributed by atoms with Crippen LogP contribution >= 0.6 is 0 Å². The van der Waals surface area contributed by atoms with Crippen LogP contribution in [0.1, 0.15) is 15.9 Å². The van der Waals surface area contributed by atoms with Gasteiger partial charge in [0.05, 0.1) is 50.0 Å². The van der Waals surface area contributed by atoms with Crippen LogP contribution in [-0.4, -0.2) is 36.9 Å². The van der Waals surface area contributed by atoms with Crippen LogP contribution in [0.5, 0.6) is 17.2 Å². The Hall–Kier alpha value is -4.06. The lowest BCUT2D eigenvalue weighted by atomic mass is 9.98. The van der Waals surface area contributed by atoms with Crippen molar-refractivity contribution in [2.24, 2.45) is 0 Å². The number of nitrogens with zero attached hydrogens (tertiary/aromatic N) is 2. The van der Waals surface area contributed by atoms with E-state index in [1.54, 1.807) is 44.3 Å². The highest BCUT2D eigenvalue weighted by Gasteiger charge is 2.25. The van der Waals surface area contributed by atoms with Gasteiger partial charge in [-0.15, -0.1) is 0 Å². The van der Waals surface area contributed by atoms with E-state index < -0.39 is 0 Å². The van der Waals surface area contributed by atoms with E-state index in [9.17, 15) is 4.79 Å². The van der Waals surface area contributed by atoms with Crippen LogP contribution in [0.4, 0.5) is 0 Å². The van der Waals surface area contributed by atoms with E-state index in [2.05, 4.69) is 5.10 Å². The zero-order valence-corrected chi connectivity index (χ0v) is 17.5. The summed E-state index contributed by atoms with van der Waals surface area (Å²) in [4.78, 5) is 13.6. The molecule has 4 aromatic rings. The third kappa shape index (κ3) is 3.75. The zero-order chi connectivity index (χ0) is 21.8. The minimum Gasteiger partial charge on any atom is -0.497 e. The number of methoxy groups -OCH3 is 3. The van der Waals surface area contributed by atoms with Crippen molar-refractivity contribution in [2.45, 2.75) is 0 Å². The fourth-order valence-electron chi connectivity index (χ4n) is 3.51. The van der Waals surface area contributed by atoms with E-state index in [0.717, 1.165) is 17.0 Å². The lowest BCUT2D eigenvalue weighted by molar-refractivity contribution is 0.103. The summed E-state index contributed by atoms with van der Waals surface area (Å²) in [6.45, 7) is 0. The molecule has 156 valence electrons. The highest BCUT2D eigenvalue weighted by atomic mass is 16.5. The molecule has 0 saturated carbocycles. The summed E-state index contributed by atoms with van der Waals surface area (Å²) in [5, 5.41) is 4.55. The fraction of sp³-hybridized carbons (Fsp3) is 0.120. The number of rotatable bonds is 7. The number of ether oxygens (including phenoxy) is 3. The molecule has 31 heavy (non-hydrogen) atoms. The van der Waals surface area contributed by atoms with E-state index in [-0.39, 0.29) is 5.78 Å². The predicted octanol–water partition coefficient (Wildman–Crippen LogP) is 4.80. The number of benzene rings is 3. The number of para-hydroxylation sites is 2.